The van der Waals surface area contributed by atoms with Crippen molar-refractivity contribution in [2.75, 3.05) is 10.2 Å². The Labute approximate surface area is 159 Å². The second-order valence-electron chi connectivity index (χ2n) is 7.76. The SMILES string of the molecule is Cc1cccc(CN2C(=O)CCc3nc(NC(=O)OC(C)(C)C)ccc32)c1. The molecule has 1 aliphatic rings. The molecular formula is C21H25N3O3. The molecule has 1 aromatic carbocycles. The molecule has 0 radical (unpaired) electrons. The maximum Gasteiger partial charge on any atom is 0.413 e. The first-order valence-electron chi connectivity index (χ1n) is 9.07. The van der Waals surface area contributed by atoms with Crippen molar-refractivity contribution < 1.29 is 14.3 Å². The van der Waals surface area contributed by atoms with Crippen LogP contribution in [0.25, 0.3) is 0 Å². The number of hydrogen-bond acceptors (Lipinski definition) is 4. The van der Waals surface area contributed by atoms with Gasteiger partial charge in [-0.1, -0.05) is 29.8 Å². The highest BCUT2D eigenvalue weighted by atomic mass is 16.6. The molecule has 2 heterocycles. The highest BCUT2D eigenvalue weighted by Gasteiger charge is 2.26. The van der Waals surface area contributed by atoms with E-state index >= 15 is 0 Å². The first-order chi connectivity index (χ1) is 12.7. The topological polar surface area (TPSA) is 71.5 Å². The zero-order chi connectivity index (χ0) is 19.6. The van der Waals surface area contributed by atoms with Crippen molar-refractivity contribution in [1.29, 1.82) is 0 Å². The van der Waals surface area contributed by atoms with Crippen molar-refractivity contribution in [3.05, 3.63) is 53.2 Å². The number of rotatable bonds is 3. The van der Waals surface area contributed by atoms with Gasteiger partial charge in [0.2, 0.25) is 5.91 Å². The maximum absolute atomic E-state index is 12.5. The zero-order valence-electron chi connectivity index (χ0n) is 16.2. The third kappa shape index (κ3) is 4.84. The Kier molecular flexibility index (Phi) is 5.17. The van der Waals surface area contributed by atoms with Crippen LogP contribution in [0.4, 0.5) is 16.3 Å². The van der Waals surface area contributed by atoms with Crippen LogP contribution in [0.2, 0.25) is 0 Å². The van der Waals surface area contributed by atoms with Crippen LogP contribution in [0.5, 0.6) is 0 Å². The van der Waals surface area contributed by atoms with Gasteiger partial charge in [0.15, 0.2) is 0 Å². The van der Waals surface area contributed by atoms with Gasteiger partial charge in [-0.25, -0.2) is 9.78 Å². The van der Waals surface area contributed by atoms with Gasteiger partial charge in [0, 0.05) is 12.8 Å². The van der Waals surface area contributed by atoms with Crippen LogP contribution < -0.4 is 10.2 Å². The van der Waals surface area contributed by atoms with E-state index < -0.39 is 11.7 Å². The summed E-state index contributed by atoms with van der Waals surface area (Å²) in [6.45, 7) is 7.96. The molecular weight excluding hydrogens is 342 g/mol. The van der Waals surface area contributed by atoms with Gasteiger partial charge in [0.05, 0.1) is 17.9 Å². The van der Waals surface area contributed by atoms with Gasteiger partial charge >= 0.3 is 6.09 Å². The molecule has 0 saturated heterocycles. The van der Waals surface area contributed by atoms with Crippen molar-refractivity contribution >= 4 is 23.5 Å². The molecule has 0 spiro atoms. The number of anilines is 2. The molecule has 6 nitrogen and oxygen atoms in total. The molecule has 0 atom stereocenters. The zero-order valence-corrected chi connectivity index (χ0v) is 16.2. The van der Waals surface area contributed by atoms with E-state index in [-0.39, 0.29) is 5.91 Å². The number of pyridine rings is 1. The summed E-state index contributed by atoms with van der Waals surface area (Å²) in [5, 5.41) is 2.66. The number of aromatic nitrogens is 1. The van der Waals surface area contributed by atoms with Crippen molar-refractivity contribution in [2.45, 2.75) is 52.7 Å². The first-order valence-corrected chi connectivity index (χ1v) is 9.07. The molecule has 0 aliphatic carbocycles. The van der Waals surface area contributed by atoms with E-state index in [4.69, 9.17) is 4.74 Å². The molecule has 6 heteroatoms. The Bertz CT molecular complexity index is 871. The van der Waals surface area contributed by atoms with Crippen LogP contribution in [0.3, 0.4) is 0 Å². The highest BCUT2D eigenvalue weighted by Crippen LogP contribution is 2.29. The number of amides is 2. The van der Waals surface area contributed by atoms with E-state index in [1.54, 1.807) is 11.0 Å². The predicted octanol–water partition coefficient (Wildman–Crippen LogP) is 4.22. The molecule has 0 fully saturated rings. The summed E-state index contributed by atoms with van der Waals surface area (Å²) >= 11 is 0. The number of hydrogen-bond donors (Lipinski definition) is 1. The standard InChI is InChI=1S/C21H25N3O3/c1-14-6-5-7-15(12-14)13-24-17-9-10-18(22-16(17)8-11-19(24)25)23-20(26)27-21(2,3)4/h5-7,9-10,12H,8,11,13H2,1-4H3,(H,22,23,26). The number of nitrogens with one attached hydrogen (secondary N) is 1. The van der Waals surface area contributed by atoms with Crippen molar-refractivity contribution in [3.63, 3.8) is 0 Å². The van der Waals surface area contributed by atoms with Crippen LogP contribution >= 0.6 is 0 Å². The molecule has 2 aromatic rings. The van der Waals surface area contributed by atoms with E-state index in [2.05, 4.69) is 16.4 Å². The van der Waals surface area contributed by atoms with Crippen LogP contribution in [0.15, 0.2) is 36.4 Å². The summed E-state index contributed by atoms with van der Waals surface area (Å²) in [5.41, 5.74) is 3.26. The van der Waals surface area contributed by atoms with Gasteiger partial charge in [-0.3, -0.25) is 10.1 Å². The fraction of sp³-hybridized carbons (Fsp3) is 0.381. The number of carbonyl (C=O) groups excluding carboxylic acids is 2. The first kappa shape index (κ1) is 18.9. The summed E-state index contributed by atoms with van der Waals surface area (Å²) < 4.78 is 5.26. The summed E-state index contributed by atoms with van der Waals surface area (Å²) in [5.74, 6) is 0.506. The van der Waals surface area contributed by atoms with Crippen molar-refractivity contribution in [2.24, 2.45) is 0 Å². The van der Waals surface area contributed by atoms with Gasteiger partial charge in [-0.05, 0) is 45.4 Å². The molecule has 1 aliphatic heterocycles. The van der Waals surface area contributed by atoms with E-state index in [0.29, 0.717) is 25.2 Å². The predicted molar refractivity (Wildman–Crippen MR) is 105 cm³/mol. The minimum Gasteiger partial charge on any atom is -0.444 e. The monoisotopic (exact) mass is 367 g/mol. The van der Waals surface area contributed by atoms with Crippen LogP contribution in [-0.4, -0.2) is 22.6 Å². The molecule has 1 N–H and O–H groups in total. The van der Waals surface area contributed by atoms with Crippen molar-refractivity contribution in [1.82, 2.24) is 4.98 Å². The smallest absolute Gasteiger partial charge is 0.413 e. The van der Waals surface area contributed by atoms with E-state index in [0.717, 1.165) is 22.5 Å². The Morgan fingerprint density at radius 3 is 2.70 bits per heavy atom. The lowest BCUT2D eigenvalue weighted by Gasteiger charge is -2.29. The minimum absolute atomic E-state index is 0.0821. The molecule has 3 rings (SSSR count). The lowest BCUT2D eigenvalue weighted by Crippen LogP contribution is -2.35. The minimum atomic E-state index is -0.574. The van der Waals surface area contributed by atoms with Gasteiger partial charge in [-0.2, -0.15) is 0 Å². The number of ether oxygens (including phenoxy) is 1. The molecule has 0 unspecified atom stereocenters. The summed E-state index contributed by atoms with van der Waals surface area (Å²) in [6, 6.07) is 11.7. The molecule has 2 amide bonds. The Hall–Kier alpha value is -2.89. The second kappa shape index (κ2) is 7.39. The van der Waals surface area contributed by atoms with Gasteiger partial charge in [-0.15, -0.1) is 0 Å². The van der Waals surface area contributed by atoms with Gasteiger partial charge in [0.1, 0.15) is 11.4 Å². The largest absolute Gasteiger partial charge is 0.444 e. The average Bonchev–Trinajstić information content (AvgIpc) is 2.56. The molecule has 0 bridgehead atoms. The fourth-order valence-corrected chi connectivity index (χ4v) is 3.06. The molecule has 1 aromatic heterocycles. The number of nitrogens with zero attached hydrogens (tertiary/aromatic N) is 2. The van der Waals surface area contributed by atoms with E-state index in [1.807, 2.05) is 52.0 Å². The highest BCUT2D eigenvalue weighted by molar-refractivity contribution is 5.96. The van der Waals surface area contributed by atoms with E-state index in [9.17, 15) is 9.59 Å². The Balaban J connectivity index is 1.79. The quantitative estimate of drug-likeness (QED) is 0.882. The molecule has 142 valence electrons. The Morgan fingerprint density at radius 2 is 2.00 bits per heavy atom. The third-order valence-electron chi connectivity index (χ3n) is 4.17. The van der Waals surface area contributed by atoms with E-state index in [1.165, 1.54) is 0 Å². The number of fused-ring (bicyclic) bond motifs is 1. The van der Waals surface area contributed by atoms with Crippen molar-refractivity contribution in [3.8, 4) is 0 Å². The number of carbonyl (C=O) groups is 2. The van der Waals surface area contributed by atoms with Gasteiger partial charge < -0.3 is 9.64 Å². The third-order valence-corrected chi connectivity index (χ3v) is 4.17. The fourth-order valence-electron chi connectivity index (χ4n) is 3.06. The van der Waals surface area contributed by atoms with Gasteiger partial charge in [0.25, 0.3) is 0 Å². The van der Waals surface area contributed by atoms with Crippen LogP contribution in [0.1, 0.15) is 44.0 Å². The average molecular weight is 367 g/mol. The molecule has 27 heavy (non-hydrogen) atoms. The molecule has 0 saturated carbocycles. The van der Waals surface area contributed by atoms with Crippen LogP contribution in [0, 0.1) is 6.92 Å². The second-order valence-corrected chi connectivity index (χ2v) is 7.76. The number of aryl methyl sites for hydroxylation is 2. The Morgan fingerprint density at radius 1 is 1.22 bits per heavy atom. The normalized spacial score (nSPS) is 13.9. The lowest BCUT2D eigenvalue weighted by atomic mass is 10.0. The maximum atomic E-state index is 12.5. The summed E-state index contributed by atoms with van der Waals surface area (Å²) in [6.07, 6.45) is 0.419. The summed E-state index contributed by atoms with van der Waals surface area (Å²) in [4.78, 5) is 30.7. The lowest BCUT2D eigenvalue weighted by molar-refractivity contribution is -0.119. The summed E-state index contributed by atoms with van der Waals surface area (Å²) in [7, 11) is 0. The van der Waals surface area contributed by atoms with Crippen LogP contribution in [-0.2, 0) is 22.5 Å². The number of benzene rings is 1.